The van der Waals surface area contributed by atoms with Crippen molar-refractivity contribution >= 4 is 28.2 Å². The Kier molecular flexibility index (Phi) is 4.45. The van der Waals surface area contributed by atoms with Gasteiger partial charge in [0.2, 0.25) is 5.88 Å². The smallest absolute Gasteiger partial charge is 0.295 e. The standard InChI is InChI=1S/C18H12N4O4/c1-2-11-21-15-6-4-3-5-14(15)16(18(21)24)19-20-17(23)12-7-9-13(10-8-12)22(25)26/h1,3-10,24H,11H2. The molecule has 26 heavy (non-hydrogen) atoms. The number of carbonyl (C=O) groups excluding carboxylic acids is 1. The Balaban J connectivity index is 1.95. The summed E-state index contributed by atoms with van der Waals surface area (Å²) in [5.41, 5.74) is 0.811. The van der Waals surface area contributed by atoms with E-state index in [4.69, 9.17) is 6.42 Å². The highest BCUT2D eigenvalue weighted by Crippen LogP contribution is 2.38. The van der Waals surface area contributed by atoms with Crippen molar-refractivity contribution in [3.05, 3.63) is 64.2 Å². The van der Waals surface area contributed by atoms with Crippen molar-refractivity contribution in [2.75, 3.05) is 0 Å². The summed E-state index contributed by atoms with van der Waals surface area (Å²) in [7, 11) is 0. The SMILES string of the molecule is C#CCn1c(O)c(N=NC(=O)c2ccc([N+](=O)[O-])cc2)c2ccccc21. The molecular formula is C18H12N4O4. The fraction of sp³-hybridized carbons (Fsp3) is 0.0556. The van der Waals surface area contributed by atoms with Gasteiger partial charge in [-0.15, -0.1) is 16.7 Å². The Labute approximate surface area is 147 Å². The number of fused-ring (bicyclic) bond motifs is 1. The van der Waals surface area contributed by atoms with E-state index in [1.807, 2.05) is 0 Å². The molecule has 0 unspecified atom stereocenters. The first kappa shape index (κ1) is 16.9. The lowest BCUT2D eigenvalue weighted by Crippen LogP contribution is -1.95. The van der Waals surface area contributed by atoms with Crippen molar-refractivity contribution in [3.63, 3.8) is 0 Å². The predicted molar refractivity (Wildman–Crippen MR) is 94.4 cm³/mol. The topological polar surface area (TPSA) is 110 Å². The number of para-hydroxylation sites is 1. The first-order chi connectivity index (χ1) is 12.5. The molecule has 0 fully saturated rings. The molecular weight excluding hydrogens is 336 g/mol. The van der Waals surface area contributed by atoms with Gasteiger partial charge in [-0.3, -0.25) is 19.5 Å². The van der Waals surface area contributed by atoms with Crippen LogP contribution in [0.3, 0.4) is 0 Å². The maximum atomic E-state index is 12.1. The van der Waals surface area contributed by atoms with Crippen molar-refractivity contribution in [3.8, 4) is 18.2 Å². The molecule has 0 saturated heterocycles. The number of benzene rings is 2. The zero-order chi connectivity index (χ0) is 18.7. The number of aromatic hydroxyl groups is 1. The molecule has 0 radical (unpaired) electrons. The zero-order valence-corrected chi connectivity index (χ0v) is 13.4. The number of non-ortho nitro benzene ring substituents is 1. The molecule has 1 heterocycles. The average Bonchev–Trinajstić information content (AvgIpc) is 2.92. The van der Waals surface area contributed by atoms with Crippen molar-refractivity contribution in [2.24, 2.45) is 10.2 Å². The minimum Gasteiger partial charge on any atom is -0.493 e. The maximum absolute atomic E-state index is 12.1. The lowest BCUT2D eigenvalue weighted by atomic mass is 10.2. The zero-order valence-electron chi connectivity index (χ0n) is 13.4. The van der Waals surface area contributed by atoms with Crippen LogP contribution in [0.2, 0.25) is 0 Å². The molecule has 0 spiro atoms. The second-order valence-corrected chi connectivity index (χ2v) is 5.29. The Morgan fingerprint density at radius 3 is 2.58 bits per heavy atom. The van der Waals surface area contributed by atoms with Crippen molar-refractivity contribution < 1.29 is 14.8 Å². The highest BCUT2D eigenvalue weighted by molar-refractivity contribution is 5.97. The number of nitrogens with zero attached hydrogens (tertiary/aromatic N) is 4. The van der Waals surface area contributed by atoms with Crippen LogP contribution in [0.4, 0.5) is 11.4 Å². The molecule has 1 amide bonds. The van der Waals surface area contributed by atoms with Gasteiger partial charge < -0.3 is 5.11 Å². The molecule has 8 nitrogen and oxygen atoms in total. The molecule has 128 valence electrons. The van der Waals surface area contributed by atoms with Crippen molar-refractivity contribution in [1.29, 1.82) is 0 Å². The number of azo groups is 1. The van der Waals surface area contributed by atoms with Crippen LogP contribution >= 0.6 is 0 Å². The minimum absolute atomic E-state index is 0.131. The Hall–Kier alpha value is -3.99. The molecule has 2 aromatic carbocycles. The lowest BCUT2D eigenvalue weighted by molar-refractivity contribution is -0.384. The molecule has 0 saturated carbocycles. The first-order valence-electron chi connectivity index (χ1n) is 7.47. The van der Waals surface area contributed by atoms with Gasteiger partial charge >= 0.3 is 0 Å². The number of terminal acetylenes is 1. The molecule has 0 bridgehead atoms. The van der Waals surface area contributed by atoms with E-state index in [2.05, 4.69) is 16.1 Å². The van der Waals surface area contributed by atoms with Crippen LogP contribution < -0.4 is 0 Å². The van der Waals surface area contributed by atoms with Gasteiger partial charge in [-0.05, 0) is 18.2 Å². The second-order valence-electron chi connectivity index (χ2n) is 5.29. The normalized spacial score (nSPS) is 10.9. The largest absolute Gasteiger partial charge is 0.493 e. The van der Waals surface area contributed by atoms with Gasteiger partial charge in [-0.25, -0.2) is 0 Å². The number of carbonyl (C=O) groups is 1. The number of hydrogen-bond donors (Lipinski definition) is 1. The summed E-state index contributed by atoms with van der Waals surface area (Å²) in [6.45, 7) is 0.137. The van der Waals surface area contributed by atoms with Gasteiger partial charge in [0, 0.05) is 23.1 Å². The summed E-state index contributed by atoms with van der Waals surface area (Å²) < 4.78 is 1.49. The van der Waals surface area contributed by atoms with E-state index in [0.717, 1.165) is 0 Å². The Morgan fingerprint density at radius 1 is 1.23 bits per heavy atom. The summed E-state index contributed by atoms with van der Waals surface area (Å²) in [6, 6.07) is 12.0. The van der Waals surface area contributed by atoms with Crippen molar-refractivity contribution in [2.45, 2.75) is 6.54 Å². The van der Waals surface area contributed by atoms with E-state index in [1.165, 1.54) is 28.8 Å². The molecule has 0 aliphatic carbocycles. The van der Waals surface area contributed by atoms with Gasteiger partial charge in [0.05, 0.1) is 17.0 Å². The van der Waals surface area contributed by atoms with Crippen LogP contribution in [0.25, 0.3) is 10.9 Å². The summed E-state index contributed by atoms with van der Waals surface area (Å²) >= 11 is 0. The summed E-state index contributed by atoms with van der Waals surface area (Å²) in [6.07, 6.45) is 5.32. The van der Waals surface area contributed by atoms with E-state index in [0.29, 0.717) is 10.9 Å². The number of amides is 1. The quantitative estimate of drug-likeness (QED) is 0.334. The summed E-state index contributed by atoms with van der Waals surface area (Å²) in [5, 5.41) is 29.1. The third-order valence-corrected chi connectivity index (χ3v) is 3.73. The molecule has 3 rings (SSSR count). The fourth-order valence-electron chi connectivity index (χ4n) is 2.50. The molecule has 0 atom stereocenters. The van der Waals surface area contributed by atoms with E-state index in [1.54, 1.807) is 24.3 Å². The van der Waals surface area contributed by atoms with E-state index in [9.17, 15) is 20.0 Å². The van der Waals surface area contributed by atoms with Gasteiger partial charge in [0.1, 0.15) is 0 Å². The number of rotatable bonds is 4. The number of nitro groups is 1. The monoisotopic (exact) mass is 348 g/mol. The fourth-order valence-corrected chi connectivity index (χ4v) is 2.50. The summed E-state index contributed by atoms with van der Waals surface area (Å²) in [4.78, 5) is 22.2. The Morgan fingerprint density at radius 2 is 1.92 bits per heavy atom. The first-order valence-corrected chi connectivity index (χ1v) is 7.47. The third kappa shape index (κ3) is 3.01. The average molecular weight is 348 g/mol. The molecule has 8 heteroatoms. The molecule has 1 N–H and O–H groups in total. The molecule has 0 aliphatic rings. The minimum atomic E-state index is -0.687. The maximum Gasteiger partial charge on any atom is 0.295 e. The molecule has 3 aromatic rings. The van der Waals surface area contributed by atoms with Crippen LogP contribution in [0.15, 0.2) is 58.8 Å². The highest BCUT2D eigenvalue weighted by atomic mass is 16.6. The van der Waals surface area contributed by atoms with Gasteiger partial charge in [0.25, 0.3) is 11.6 Å². The van der Waals surface area contributed by atoms with Gasteiger partial charge in [0.15, 0.2) is 5.69 Å². The molecule has 0 aliphatic heterocycles. The van der Waals surface area contributed by atoms with Crippen LogP contribution in [-0.2, 0) is 6.54 Å². The van der Waals surface area contributed by atoms with Crippen LogP contribution in [0.5, 0.6) is 5.88 Å². The van der Waals surface area contributed by atoms with Crippen molar-refractivity contribution in [1.82, 2.24) is 4.57 Å². The lowest BCUT2D eigenvalue weighted by Gasteiger charge is -2.00. The number of nitro benzene ring substituents is 1. The number of hydrogen-bond acceptors (Lipinski definition) is 5. The van der Waals surface area contributed by atoms with E-state index >= 15 is 0 Å². The third-order valence-electron chi connectivity index (χ3n) is 3.73. The summed E-state index contributed by atoms with van der Waals surface area (Å²) in [5.74, 6) is 1.57. The highest BCUT2D eigenvalue weighted by Gasteiger charge is 2.16. The Bertz CT molecular complexity index is 1080. The van der Waals surface area contributed by atoms with Crippen LogP contribution in [0.1, 0.15) is 10.4 Å². The van der Waals surface area contributed by atoms with E-state index in [-0.39, 0.29) is 29.4 Å². The van der Waals surface area contributed by atoms with E-state index < -0.39 is 10.8 Å². The number of aromatic nitrogens is 1. The van der Waals surface area contributed by atoms with Gasteiger partial charge in [-0.1, -0.05) is 24.1 Å². The predicted octanol–water partition coefficient (Wildman–Crippen LogP) is 3.81. The van der Waals surface area contributed by atoms with Crippen LogP contribution in [0, 0.1) is 22.5 Å². The second kappa shape index (κ2) is 6.86. The molecule has 1 aromatic heterocycles. The van der Waals surface area contributed by atoms with Crippen LogP contribution in [-0.4, -0.2) is 20.5 Å². The van der Waals surface area contributed by atoms with Gasteiger partial charge in [-0.2, -0.15) is 0 Å².